The highest BCUT2D eigenvalue weighted by atomic mass is 31.2. The molecule has 2 aromatic heterocycles. The Kier molecular flexibility index (Phi) is 8.13. The highest BCUT2D eigenvalue weighted by Gasteiger charge is 2.40. The number of nitrogens with zero attached hydrogens (tertiary/aromatic N) is 3. The van der Waals surface area contributed by atoms with Gasteiger partial charge >= 0.3 is 13.7 Å². The van der Waals surface area contributed by atoms with Crippen LogP contribution in [0.1, 0.15) is 33.4 Å². The largest absolute Gasteiger partial charge is 0.462 e. The molecule has 16 heteroatoms. The number of aliphatic hydroxyl groups excluding tert-OH is 1. The Morgan fingerprint density at radius 2 is 2.08 bits per heavy atom. The number of imidazole rings is 1. The van der Waals surface area contributed by atoms with Crippen molar-refractivity contribution in [2.24, 2.45) is 0 Å². The molecular formula is C22H28FN6O8P. The Balaban J connectivity index is 1.49. The molecule has 5 atom stereocenters. The zero-order valence-electron chi connectivity index (χ0n) is 20.7. The Morgan fingerprint density at radius 3 is 2.76 bits per heavy atom. The van der Waals surface area contributed by atoms with Crippen LogP contribution in [0.5, 0.6) is 5.75 Å². The minimum absolute atomic E-state index is 0.0104. The van der Waals surface area contributed by atoms with Crippen molar-refractivity contribution in [3.63, 3.8) is 0 Å². The second-order valence-corrected chi connectivity index (χ2v) is 10.6. The molecule has 0 radical (unpaired) electrons. The number of hydrogen-bond donors (Lipinski definition) is 4. The number of aromatic amines is 1. The summed E-state index contributed by atoms with van der Waals surface area (Å²) in [6, 6.07) is 3.59. The van der Waals surface area contributed by atoms with E-state index >= 15 is 0 Å². The number of halogens is 1. The number of aromatic nitrogens is 4. The molecule has 38 heavy (non-hydrogen) atoms. The van der Waals surface area contributed by atoms with Gasteiger partial charge in [-0.1, -0.05) is 0 Å². The summed E-state index contributed by atoms with van der Waals surface area (Å²) in [4.78, 5) is 34.8. The van der Waals surface area contributed by atoms with Gasteiger partial charge in [0.2, 0.25) is 5.95 Å². The molecule has 0 aliphatic carbocycles. The fourth-order valence-corrected chi connectivity index (χ4v) is 5.21. The summed E-state index contributed by atoms with van der Waals surface area (Å²) in [6.07, 6.45) is -1.85. The van der Waals surface area contributed by atoms with Crippen LogP contribution in [0.2, 0.25) is 0 Å². The van der Waals surface area contributed by atoms with Gasteiger partial charge in [0.15, 0.2) is 11.2 Å². The van der Waals surface area contributed by atoms with E-state index in [4.69, 9.17) is 24.3 Å². The van der Waals surface area contributed by atoms with E-state index in [1.807, 2.05) is 0 Å². The molecular weight excluding hydrogens is 526 g/mol. The van der Waals surface area contributed by atoms with E-state index in [1.54, 1.807) is 13.8 Å². The monoisotopic (exact) mass is 554 g/mol. The van der Waals surface area contributed by atoms with Crippen LogP contribution in [0.15, 0.2) is 35.4 Å². The predicted molar refractivity (Wildman–Crippen MR) is 132 cm³/mol. The maximum Gasteiger partial charge on any atom is 0.459 e. The number of aliphatic hydroxyl groups is 1. The number of esters is 1. The van der Waals surface area contributed by atoms with Crippen LogP contribution in [-0.4, -0.2) is 61.6 Å². The SMILES string of the molecule is CC(C)OC(=O)[C@H](C)NP(=O)(OC[C@H]1O[C@@H](n2cnc3c(=O)[nH]c(N)nc32)C[C@H]1O)Oc1ccc(F)cc1. The number of carbonyl (C=O) groups excluding carboxylic acids is 1. The zero-order chi connectivity index (χ0) is 27.6. The Bertz CT molecular complexity index is 1400. The third-order valence-corrected chi connectivity index (χ3v) is 7.11. The minimum Gasteiger partial charge on any atom is -0.462 e. The van der Waals surface area contributed by atoms with E-state index in [-0.39, 0.29) is 29.3 Å². The number of benzene rings is 1. The number of H-pyrrole nitrogens is 1. The van der Waals surface area contributed by atoms with Gasteiger partial charge in [-0.15, -0.1) is 0 Å². The lowest BCUT2D eigenvalue weighted by molar-refractivity contribution is -0.149. The summed E-state index contributed by atoms with van der Waals surface area (Å²) in [5.74, 6) is -1.33. The van der Waals surface area contributed by atoms with Crippen molar-refractivity contribution in [3.05, 3.63) is 46.8 Å². The van der Waals surface area contributed by atoms with Crippen LogP contribution in [0.4, 0.5) is 10.3 Å². The van der Waals surface area contributed by atoms with Crippen LogP contribution >= 0.6 is 7.75 Å². The lowest BCUT2D eigenvalue weighted by Gasteiger charge is -2.25. The number of nitrogens with two attached hydrogens (primary N) is 1. The van der Waals surface area contributed by atoms with Gasteiger partial charge in [-0.3, -0.25) is 23.7 Å². The van der Waals surface area contributed by atoms with Crippen molar-refractivity contribution in [1.29, 1.82) is 0 Å². The van der Waals surface area contributed by atoms with Gasteiger partial charge in [0, 0.05) is 6.42 Å². The molecule has 1 aliphatic rings. The topological polar surface area (TPSA) is 193 Å². The van der Waals surface area contributed by atoms with Crippen LogP contribution in [0.3, 0.4) is 0 Å². The van der Waals surface area contributed by atoms with Gasteiger partial charge < -0.3 is 24.8 Å². The van der Waals surface area contributed by atoms with Crippen molar-refractivity contribution in [2.75, 3.05) is 12.3 Å². The van der Waals surface area contributed by atoms with E-state index < -0.39 is 62.3 Å². The Hall–Kier alpha value is -3.36. The molecule has 3 heterocycles. The van der Waals surface area contributed by atoms with Crippen molar-refractivity contribution in [3.8, 4) is 5.75 Å². The molecule has 1 aromatic carbocycles. The van der Waals surface area contributed by atoms with Crippen LogP contribution in [-0.2, 0) is 23.4 Å². The van der Waals surface area contributed by atoms with Gasteiger partial charge in [0.1, 0.15) is 29.9 Å². The molecule has 1 saturated heterocycles. The summed E-state index contributed by atoms with van der Waals surface area (Å²) in [5.41, 5.74) is 5.31. The van der Waals surface area contributed by atoms with E-state index in [9.17, 15) is 23.7 Å². The van der Waals surface area contributed by atoms with Gasteiger partial charge in [-0.2, -0.15) is 10.1 Å². The first-order chi connectivity index (χ1) is 17.9. The first-order valence-electron chi connectivity index (χ1n) is 11.7. The first-order valence-corrected chi connectivity index (χ1v) is 13.2. The summed E-state index contributed by atoms with van der Waals surface area (Å²) >= 11 is 0. The Morgan fingerprint density at radius 1 is 1.37 bits per heavy atom. The predicted octanol–water partition coefficient (Wildman–Crippen LogP) is 1.62. The number of rotatable bonds is 10. The molecule has 206 valence electrons. The molecule has 0 bridgehead atoms. The lowest BCUT2D eigenvalue weighted by atomic mass is 10.2. The minimum atomic E-state index is -4.28. The summed E-state index contributed by atoms with van der Waals surface area (Å²) in [6.45, 7) is 4.32. The molecule has 3 aromatic rings. The van der Waals surface area contributed by atoms with Crippen molar-refractivity contribution < 1.29 is 37.4 Å². The van der Waals surface area contributed by atoms with Crippen LogP contribution in [0.25, 0.3) is 11.2 Å². The standard InChI is InChI=1S/C22H28FN6O8P/c1-11(2)35-21(32)12(3)28-38(33,37-14-6-4-13(23)5-7-14)34-9-16-15(30)8-17(36-16)29-10-25-18-19(29)26-22(24)27-20(18)31/h4-7,10-12,15-17,30H,8-9H2,1-3H3,(H,28,33)(H3,24,26,27,31)/t12-,15+,16+,17+,38?/m0/s1. The normalized spacial score (nSPS) is 21.9. The van der Waals surface area contributed by atoms with Gasteiger partial charge in [0.25, 0.3) is 5.56 Å². The van der Waals surface area contributed by atoms with Gasteiger partial charge in [-0.25, -0.2) is 13.9 Å². The molecule has 0 spiro atoms. The number of nitrogens with one attached hydrogen (secondary N) is 2. The van der Waals surface area contributed by atoms with Crippen molar-refractivity contribution >= 4 is 30.8 Å². The molecule has 4 rings (SSSR count). The summed E-state index contributed by atoms with van der Waals surface area (Å²) in [7, 11) is -4.28. The summed E-state index contributed by atoms with van der Waals surface area (Å²) < 4.78 is 50.5. The molecule has 0 saturated carbocycles. The first kappa shape index (κ1) is 27.7. The van der Waals surface area contributed by atoms with Crippen LogP contribution < -0.4 is 20.9 Å². The number of anilines is 1. The van der Waals surface area contributed by atoms with E-state index in [2.05, 4.69) is 20.0 Å². The quantitative estimate of drug-likeness (QED) is 0.209. The highest BCUT2D eigenvalue weighted by Crippen LogP contribution is 2.46. The molecule has 5 N–H and O–H groups in total. The van der Waals surface area contributed by atoms with Gasteiger partial charge in [0.05, 0.1) is 25.1 Å². The number of carbonyl (C=O) groups is 1. The second-order valence-electron chi connectivity index (χ2n) is 8.88. The third-order valence-electron chi connectivity index (χ3n) is 5.47. The number of fused-ring (bicyclic) bond motifs is 1. The smallest absolute Gasteiger partial charge is 0.459 e. The van der Waals surface area contributed by atoms with E-state index in [1.165, 1.54) is 30.0 Å². The fourth-order valence-electron chi connectivity index (χ4n) is 3.71. The average molecular weight is 554 g/mol. The molecule has 1 unspecified atom stereocenters. The molecule has 1 aliphatic heterocycles. The highest BCUT2D eigenvalue weighted by molar-refractivity contribution is 7.52. The lowest BCUT2D eigenvalue weighted by Crippen LogP contribution is -2.37. The number of hydrogen-bond acceptors (Lipinski definition) is 11. The Labute approximate surface area is 215 Å². The third kappa shape index (κ3) is 6.37. The van der Waals surface area contributed by atoms with Crippen LogP contribution in [0, 0.1) is 5.82 Å². The second kappa shape index (κ2) is 11.2. The zero-order valence-corrected chi connectivity index (χ0v) is 21.6. The average Bonchev–Trinajstić information content (AvgIpc) is 3.42. The molecule has 0 amide bonds. The van der Waals surface area contributed by atoms with E-state index in [0.29, 0.717) is 0 Å². The maximum absolute atomic E-state index is 13.6. The molecule has 1 fully saturated rings. The van der Waals surface area contributed by atoms with E-state index in [0.717, 1.165) is 12.1 Å². The number of nitrogen functional groups attached to an aromatic ring is 1. The van der Waals surface area contributed by atoms with Crippen molar-refractivity contribution in [2.45, 2.75) is 57.8 Å². The van der Waals surface area contributed by atoms with Gasteiger partial charge in [-0.05, 0) is 45.0 Å². The van der Waals surface area contributed by atoms with Crippen molar-refractivity contribution in [1.82, 2.24) is 24.6 Å². The maximum atomic E-state index is 13.6. The molecule has 14 nitrogen and oxygen atoms in total. The fraction of sp³-hybridized carbons (Fsp3) is 0.455. The summed E-state index contributed by atoms with van der Waals surface area (Å²) in [5, 5.41) is 13.1. The number of ether oxygens (including phenoxy) is 2.